The normalized spacial score (nSPS) is 16.6. The number of aliphatic hydroxyl groups excluding tert-OH is 1. The van der Waals surface area contributed by atoms with Gasteiger partial charge in [0.2, 0.25) is 0 Å². The first-order valence-corrected chi connectivity index (χ1v) is 4.68. The van der Waals surface area contributed by atoms with Gasteiger partial charge in [0.25, 0.3) is 0 Å². The van der Waals surface area contributed by atoms with E-state index in [4.69, 9.17) is 5.73 Å². The summed E-state index contributed by atoms with van der Waals surface area (Å²) in [6, 6.07) is 0.0786. The number of aliphatic hydroxyl groups is 1. The van der Waals surface area contributed by atoms with Gasteiger partial charge in [-0.3, -0.25) is 0 Å². The Balaban J connectivity index is 0. The molecule has 0 bridgehead atoms. The highest BCUT2D eigenvalue weighted by molar-refractivity contribution is 5.85. The van der Waals surface area contributed by atoms with Crippen molar-refractivity contribution < 1.29 is 5.11 Å². The van der Waals surface area contributed by atoms with Crippen LogP contribution in [0.1, 0.15) is 41.0 Å². The Morgan fingerprint density at radius 2 is 1.62 bits per heavy atom. The lowest BCUT2D eigenvalue weighted by atomic mass is 9.82. The van der Waals surface area contributed by atoms with Gasteiger partial charge in [-0.05, 0) is 17.8 Å². The largest absolute Gasteiger partial charge is 0.393 e. The zero-order valence-electron chi connectivity index (χ0n) is 9.37. The van der Waals surface area contributed by atoms with Crippen molar-refractivity contribution in [2.45, 2.75) is 53.2 Å². The van der Waals surface area contributed by atoms with Crippen LogP contribution in [0, 0.1) is 11.3 Å². The molecule has 0 saturated carbocycles. The summed E-state index contributed by atoms with van der Waals surface area (Å²) >= 11 is 0. The quantitative estimate of drug-likeness (QED) is 0.749. The maximum Gasteiger partial charge on any atom is 0.0578 e. The molecule has 0 unspecified atom stereocenters. The number of nitrogens with two attached hydrogens (primary N) is 1. The van der Waals surface area contributed by atoms with Crippen molar-refractivity contribution in [1.29, 1.82) is 0 Å². The minimum absolute atomic E-state index is 0. The maximum absolute atomic E-state index is 9.58. The highest BCUT2D eigenvalue weighted by atomic mass is 35.5. The molecule has 0 fully saturated rings. The van der Waals surface area contributed by atoms with Crippen molar-refractivity contribution in [3.8, 4) is 0 Å². The summed E-state index contributed by atoms with van der Waals surface area (Å²) in [6.07, 6.45) is 0.431. The zero-order chi connectivity index (χ0) is 9.94. The van der Waals surface area contributed by atoms with Crippen LogP contribution < -0.4 is 5.73 Å². The predicted octanol–water partition coefficient (Wildman–Crippen LogP) is 2.19. The monoisotopic (exact) mass is 209 g/mol. The van der Waals surface area contributed by atoms with E-state index < -0.39 is 0 Å². The molecule has 0 aromatic heterocycles. The van der Waals surface area contributed by atoms with Gasteiger partial charge in [-0.15, -0.1) is 12.4 Å². The van der Waals surface area contributed by atoms with Gasteiger partial charge in [-0.25, -0.2) is 0 Å². The van der Waals surface area contributed by atoms with Crippen molar-refractivity contribution in [3.63, 3.8) is 0 Å². The van der Waals surface area contributed by atoms with Gasteiger partial charge in [0.1, 0.15) is 0 Å². The Morgan fingerprint density at radius 3 is 1.85 bits per heavy atom. The fourth-order valence-electron chi connectivity index (χ4n) is 0.886. The van der Waals surface area contributed by atoms with E-state index in [0.29, 0.717) is 12.3 Å². The standard InChI is InChI=1S/C10H23NO.ClH/c1-7(2)8(12)6-9(11)10(3,4)5;/h7-9,12H,6,11H2,1-5H3;1H/t8-,9+;/m1./s1. The second kappa shape index (κ2) is 5.84. The second-order valence-corrected chi connectivity index (χ2v) is 5.02. The molecule has 0 aromatic rings. The van der Waals surface area contributed by atoms with Crippen molar-refractivity contribution in [1.82, 2.24) is 0 Å². The lowest BCUT2D eigenvalue weighted by molar-refractivity contribution is 0.0915. The molecular weight excluding hydrogens is 186 g/mol. The van der Waals surface area contributed by atoms with Crippen LogP contribution in [0.25, 0.3) is 0 Å². The topological polar surface area (TPSA) is 46.2 Å². The SMILES string of the molecule is CC(C)[C@H](O)C[C@H](N)C(C)(C)C.Cl. The van der Waals surface area contributed by atoms with Gasteiger partial charge in [0, 0.05) is 6.04 Å². The molecule has 0 aliphatic carbocycles. The van der Waals surface area contributed by atoms with Crippen LogP contribution >= 0.6 is 12.4 Å². The Bertz CT molecular complexity index is 131. The van der Waals surface area contributed by atoms with Crippen molar-refractivity contribution >= 4 is 12.4 Å². The van der Waals surface area contributed by atoms with E-state index in [0.717, 1.165) is 0 Å². The van der Waals surface area contributed by atoms with Gasteiger partial charge in [-0.2, -0.15) is 0 Å². The van der Waals surface area contributed by atoms with E-state index in [2.05, 4.69) is 20.8 Å². The second-order valence-electron chi connectivity index (χ2n) is 5.02. The molecule has 3 N–H and O–H groups in total. The summed E-state index contributed by atoms with van der Waals surface area (Å²) in [7, 11) is 0. The molecule has 0 rings (SSSR count). The summed E-state index contributed by atoms with van der Waals surface area (Å²) in [5.41, 5.74) is 6.02. The molecule has 3 heteroatoms. The molecule has 0 saturated heterocycles. The molecule has 0 aliphatic rings. The molecule has 2 nitrogen and oxygen atoms in total. The van der Waals surface area contributed by atoms with Crippen molar-refractivity contribution in [2.24, 2.45) is 17.1 Å². The maximum atomic E-state index is 9.58. The minimum Gasteiger partial charge on any atom is -0.393 e. The van der Waals surface area contributed by atoms with E-state index in [1.807, 2.05) is 13.8 Å². The summed E-state index contributed by atoms with van der Waals surface area (Å²) in [4.78, 5) is 0. The molecular formula is C10H24ClNO. The Morgan fingerprint density at radius 1 is 1.23 bits per heavy atom. The van der Waals surface area contributed by atoms with Crippen molar-refractivity contribution in [2.75, 3.05) is 0 Å². The third-order valence-electron chi connectivity index (χ3n) is 2.38. The van der Waals surface area contributed by atoms with E-state index >= 15 is 0 Å². The highest BCUT2D eigenvalue weighted by Gasteiger charge is 2.24. The first kappa shape index (κ1) is 15.7. The van der Waals surface area contributed by atoms with E-state index in [1.54, 1.807) is 0 Å². The van der Waals surface area contributed by atoms with Crippen LogP contribution in [-0.4, -0.2) is 17.3 Å². The number of hydrogen-bond acceptors (Lipinski definition) is 2. The molecule has 0 radical (unpaired) electrons. The summed E-state index contributed by atoms with van der Waals surface area (Å²) in [5.74, 6) is 0.304. The van der Waals surface area contributed by atoms with Crippen molar-refractivity contribution in [3.05, 3.63) is 0 Å². The lowest BCUT2D eigenvalue weighted by Crippen LogP contribution is -2.39. The molecule has 0 amide bonds. The molecule has 2 atom stereocenters. The van der Waals surface area contributed by atoms with E-state index in [9.17, 15) is 5.11 Å². The molecule has 0 spiro atoms. The van der Waals surface area contributed by atoms with Crippen LogP contribution in [0.15, 0.2) is 0 Å². The summed E-state index contributed by atoms with van der Waals surface area (Å²) < 4.78 is 0. The molecule has 0 aliphatic heterocycles. The lowest BCUT2D eigenvalue weighted by Gasteiger charge is -2.29. The number of hydrogen-bond donors (Lipinski definition) is 2. The third kappa shape index (κ3) is 6.30. The molecule has 13 heavy (non-hydrogen) atoms. The van der Waals surface area contributed by atoms with Gasteiger partial charge in [0.05, 0.1) is 6.10 Å². The average Bonchev–Trinajstić information content (AvgIpc) is 1.85. The Hall–Kier alpha value is 0.210. The van der Waals surface area contributed by atoms with Gasteiger partial charge < -0.3 is 10.8 Å². The fraction of sp³-hybridized carbons (Fsp3) is 1.00. The molecule has 82 valence electrons. The van der Waals surface area contributed by atoms with E-state index in [-0.39, 0.29) is 30.0 Å². The van der Waals surface area contributed by atoms with E-state index in [1.165, 1.54) is 0 Å². The zero-order valence-corrected chi connectivity index (χ0v) is 10.2. The van der Waals surface area contributed by atoms with Crippen LogP contribution in [0.5, 0.6) is 0 Å². The average molecular weight is 210 g/mol. The van der Waals surface area contributed by atoms with Gasteiger partial charge in [-0.1, -0.05) is 34.6 Å². The Kier molecular flexibility index (Phi) is 7.04. The minimum atomic E-state index is -0.265. The predicted molar refractivity (Wildman–Crippen MR) is 60.1 cm³/mol. The fourth-order valence-corrected chi connectivity index (χ4v) is 0.886. The number of halogens is 1. The Labute approximate surface area is 88.3 Å². The van der Waals surface area contributed by atoms with Crippen LogP contribution in [-0.2, 0) is 0 Å². The third-order valence-corrected chi connectivity index (χ3v) is 2.38. The van der Waals surface area contributed by atoms with Gasteiger partial charge >= 0.3 is 0 Å². The van der Waals surface area contributed by atoms with Crippen LogP contribution in [0.4, 0.5) is 0 Å². The van der Waals surface area contributed by atoms with Crippen LogP contribution in [0.2, 0.25) is 0 Å². The first-order valence-electron chi connectivity index (χ1n) is 4.68. The first-order chi connectivity index (χ1) is 5.25. The van der Waals surface area contributed by atoms with Gasteiger partial charge in [0.15, 0.2) is 0 Å². The number of rotatable bonds is 3. The van der Waals surface area contributed by atoms with Crippen LogP contribution in [0.3, 0.4) is 0 Å². The summed E-state index contributed by atoms with van der Waals surface area (Å²) in [6.45, 7) is 10.3. The summed E-state index contributed by atoms with van der Waals surface area (Å²) in [5, 5.41) is 9.58. The molecule has 0 heterocycles. The highest BCUT2D eigenvalue weighted by Crippen LogP contribution is 2.22. The smallest absolute Gasteiger partial charge is 0.0578 e. The molecule has 0 aromatic carbocycles.